The largest absolute Gasteiger partial charge is 0.399 e. The van der Waals surface area contributed by atoms with Gasteiger partial charge < -0.3 is 19.7 Å². The first-order valence-corrected chi connectivity index (χ1v) is 7.05. The van der Waals surface area contributed by atoms with Gasteiger partial charge in [-0.05, 0) is 18.2 Å². The average molecular weight is 310 g/mol. The van der Waals surface area contributed by atoms with Crippen molar-refractivity contribution in [2.45, 2.75) is 18.4 Å². The zero-order chi connectivity index (χ0) is 14.9. The van der Waals surface area contributed by atoms with E-state index in [9.17, 15) is 0 Å². The van der Waals surface area contributed by atoms with Gasteiger partial charge in [0.05, 0.1) is 10.6 Å². The molecular formula is C14H16ClN3O3. The van der Waals surface area contributed by atoms with Gasteiger partial charge in [-0.2, -0.15) is 4.98 Å². The first kappa shape index (κ1) is 14.3. The zero-order valence-corrected chi connectivity index (χ0v) is 12.4. The van der Waals surface area contributed by atoms with E-state index in [1.165, 1.54) is 0 Å². The van der Waals surface area contributed by atoms with Gasteiger partial charge in [-0.3, -0.25) is 0 Å². The highest BCUT2D eigenvalue weighted by Crippen LogP contribution is 2.36. The van der Waals surface area contributed by atoms with E-state index in [2.05, 4.69) is 10.1 Å². The van der Waals surface area contributed by atoms with Crippen LogP contribution in [-0.2, 0) is 15.1 Å². The molecule has 2 N–H and O–H groups in total. The van der Waals surface area contributed by atoms with Crippen molar-refractivity contribution in [1.29, 1.82) is 0 Å². The number of rotatable bonds is 3. The molecule has 2 aromatic rings. The topological polar surface area (TPSA) is 83.4 Å². The van der Waals surface area contributed by atoms with E-state index in [1.54, 1.807) is 25.3 Å². The summed E-state index contributed by atoms with van der Waals surface area (Å²) in [6, 6.07) is 5.14. The van der Waals surface area contributed by atoms with E-state index in [1.807, 2.05) is 0 Å². The van der Waals surface area contributed by atoms with Crippen molar-refractivity contribution in [2.75, 3.05) is 26.1 Å². The van der Waals surface area contributed by atoms with Gasteiger partial charge in [-0.1, -0.05) is 16.8 Å². The van der Waals surface area contributed by atoms with Crippen molar-refractivity contribution < 1.29 is 14.0 Å². The molecule has 1 aromatic carbocycles. The Labute approximate surface area is 127 Å². The molecule has 0 atom stereocenters. The summed E-state index contributed by atoms with van der Waals surface area (Å²) in [4.78, 5) is 4.45. The molecule has 0 spiro atoms. The second kappa shape index (κ2) is 5.63. The Morgan fingerprint density at radius 2 is 2.10 bits per heavy atom. The van der Waals surface area contributed by atoms with Gasteiger partial charge in [0.15, 0.2) is 0 Å². The molecule has 1 saturated heterocycles. The number of nitrogen functional groups attached to an aromatic ring is 1. The van der Waals surface area contributed by atoms with Crippen molar-refractivity contribution in [3.63, 3.8) is 0 Å². The van der Waals surface area contributed by atoms with E-state index in [0.717, 1.165) is 0 Å². The molecule has 0 bridgehead atoms. The van der Waals surface area contributed by atoms with Gasteiger partial charge in [-0.25, -0.2) is 0 Å². The Hall–Kier alpha value is -1.63. The average Bonchev–Trinajstić information content (AvgIpc) is 3.00. The molecule has 0 aliphatic carbocycles. The highest BCUT2D eigenvalue weighted by atomic mass is 35.5. The van der Waals surface area contributed by atoms with E-state index in [0.29, 0.717) is 54.0 Å². The van der Waals surface area contributed by atoms with E-state index in [-0.39, 0.29) is 0 Å². The third-order valence-electron chi connectivity index (χ3n) is 3.75. The lowest BCUT2D eigenvalue weighted by atomic mass is 9.93. The second-order valence-electron chi connectivity index (χ2n) is 4.97. The molecule has 21 heavy (non-hydrogen) atoms. The zero-order valence-electron chi connectivity index (χ0n) is 11.6. The number of anilines is 1. The maximum Gasteiger partial charge on any atom is 0.259 e. The van der Waals surface area contributed by atoms with Crippen LogP contribution in [0.4, 0.5) is 5.69 Å². The molecule has 3 rings (SSSR count). The fraction of sp³-hybridized carbons (Fsp3) is 0.429. The third-order valence-corrected chi connectivity index (χ3v) is 4.08. The lowest BCUT2D eigenvalue weighted by Gasteiger charge is -2.32. The van der Waals surface area contributed by atoms with Crippen molar-refractivity contribution in [1.82, 2.24) is 10.1 Å². The lowest BCUT2D eigenvalue weighted by Crippen LogP contribution is -2.36. The molecule has 0 radical (unpaired) electrons. The smallest absolute Gasteiger partial charge is 0.259 e. The number of halogens is 1. The number of ether oxygens (including phenoxy) is 2. The molecule has 0 saturated carbocycles. The normalized spacial score (nSPS) is 17.8. The summed E-state index contributed by atoms with van der Waals surface area (Å²) in [7, 11) is 1.65. The van der Waals surface area contributed by atoms with Gasteiger partial charge in [0.25, 0.3) is 5.89 Å². The lowest BCUT2D eigenvalue weighted by molar-refractivity contribution is -0.101. The minimum atomic E-state index is -0.563. The summed E-state index contributed by atoms with van der Waals surface area (Å²) in [6.45, 7) is 1.22. The summed E-state index contributed by atoms with van der Waals surface area (Å²) in [5.41, 5.74) is 6.42. The van der Waals surface area contributed by atoms with Gasteiger partial charge in [0.2, 0.25) is 5.82 Å². The van der Waals surface area contributed by atoms with Gasteiger partial charge in [-0.15, -0.1) is 0 Å². The van der Waals surface area contributed by atoms with E-state index in [4.69, 9.17) is 31.3 Å². The Balaban J connectivity index is 1.97. The van der Waals surface area contributed by atoms with Crippen LogP contribution in [0.25, 0.3) is 11.5 Å². The Kier molecular flexibility index (Phi) is 3.84. The summed E-state index contributed by atoms with van der Waals surface area (Å²) in [5.74, 6) is 0.854. The summed E-state index contributed by atoms with van der Waals surface area (Å²) in [5, 5.41) is 4.58. The SMILES string of the molecule is COC1(c2noc(-c3cc(N)ccc3Cl)n2)CCOCC1. The molecule has 0 amide bonds. The predicted octanol–water partition coefficient (Wildman–Crippen LogP) is 2.62. The monoisotopic (exact) mass is 309 g/mol. The number of nitrogens with zero attached hydrogens (tertiary/aromatic N) is 2. The number of aromatic nitrogens is 2. The molecule has 6 nitrogen and oxygen atoms in total. The number of hydrogen-bond donors (Lipinski definition) is 1. The summed E-state index contributed by atoms with van der Waals surface area (Å²) < 4.78 is 16.4. The van der Waals surface area contributed by atoms with Crippen LogP contribution in [-0.4, -0.2) is 30.5 Å². The quantitative estimate of drug-likeness (QED) is 0.877. The molecule has 112 valence electrons. The maximum atomic E-state index is 6.16. The molecule has 1 aliphatic heterocycles. The minimum Gasteiger partial charge on any atom is -0.399 e. The van der Waals surface area contributed by atoms with Crippen molar-refractivity contribution in [3.8, 4) is 11.5 Å². The standard InChI is InChI=1S/C14H16ClN3O3/c1-19-14(4-6-20-7-5-14)13-17-12(21-18-13)10-8-9(16)2-3-11(10)15/h2-3,8H,4-7,16H2,1H3. The van der Waals surface area contributed by atoms with Crippen LogP contribution in [0.2, 0.25) is 5.02 Å². The van der Waals surface area contributed by atoms with E-state index < -0.39 is 5.60 Å². The Bertz CT molecular complexity index is 638. The molecule has 2 heterocycles. The van der Waals surface area contributed by atoms with Crippen molar-refractivity contribution >= 4 is 17.3 Å². The third kappa shape index (κ3) is 2.62. The first-order valence-electron chi connectivity index (χ1n) is 6.67. The molecule has 1 fully saturated rings. The molecule has 0 unspecified atom stereocenters. The number of benzene rings is 1. The maximum absolute atomic E-state index is 6.16. The van der Waals surface area contributed by atoms with Gasteiger partial charge >= 0.3 is 0 Å². The van der Waals surface area contributed by atoms with Gasteiger partial charge in [0, 0.05) is 38.9 Å². The van der Waals surface area contributed by atoms with Crippen molar-refractivity contribution in [3.05, 3.63) is 29.0 Å². The number of hydrogen-bond acceptors (Lipinski definition) is 6. The summed E-state index contributed by atoms with van der Waals surface area (Å²) in [6.07, 6.45) is 1.38. The fourth-order valence-corrected chi connectivity index (χ4v) is 2.64. The summed E-state index contributed by atoms with van der Waals surface area (Å²) >= 11 is 6.16. The van der Waals surface area contributed by atoms with Crippen LogP contribution in [0, 0.1) is 0 Å². The van der Waals surface area contributed by atoms with Crippen LogP contribution in [0.15, 0.2) is 22.7 Å². The van der Waals surface area contributed by atoms with Crippen LogP contribution in [0.5, 0.6) is 0 Å². The van der Waals surface area contributed by atoms with Crippen LogP contribution >= 0.6 is 11.6 Å². The Morgan fingerprint density at radius 1 is 1.33 bits per heavy atom. The predicted molar refractivity (Wildman–Crippen MR) is 77.9 cm³/mol. The molecule has 7 heteroatoms. The highest BCUT2D eigenvalue weighted by Gasteiger charge is 2.39. The van der Waals surface area contributed by atoms with Crippen molar-refractivity contribution in [2.24, 2.45) is 0 Å². The molecule has 1 aromatic heterocycles. The van der Waals surface area contributed by atoms with Crippen LogP contribution in [0.3, 0.4) is 0 Å². The molecular weight excluding hydrogens is 294 g/mol. The first-order chi connectivity index (χ1) is 10.1. The Morgan fingerprint density at radius 3 is 2.81 bits per heavy atom. The van der Waals surface area contributed by atoms with Crippen LogP contribution < -0.4 is 5.73 Å². The number of nitrogens with two attached hydrogens (primary N) is 1. The minimum absolute atomic E-state index is 0.338. The van der Waals surface area contributed by atoms with Crippen LogP contribution in [0.1, 0.15) is 18.7 Å². The second-order valence-corrected chi connectivity index (χ2v) is 5.38. The molecule has 1 aliphatic rings. The number of methoxy groups -OCH3 is 1. The van der Waals surface area contributed by atoms with E-state index >= 15 is 0 Å². The van der Waals surface area contributed by atoms with Gasteiger partial charge in [0.1, 0.15) is 5.60 Å². The fourth-order valence-electron chi connectivity index (χ4n) is 2.44. The highest BCUT2D eigenvalue weighted by molar-refractivity contribution is 6.33.